The van der Waals surface area contributed by atoms with E-state index in [1.807, 2.05) is 126 Å². The van der Waals surface area contributed by atoms with Gasteiger partial charge in [-0.05, 0) is 29.3 Å². The first kappa shape index (κ1) is 37.6. The van der Waals surface area contributed by atoms with Gasteiger partial charge in [0.05, 0.1) is 13.7 Å². The molecule has 0 spiro atoms. The number of hydrogen-bond acceptors (Lipinski definition) is 5. The molecule has 11 aromatic rings. The van der Waals surface area contributed by atoms with Gasteiger partial charge in [-0.2, -0.15) is 0 Å². The van der Waals surface area contributed by atoms with Crippen LogP contribution in [0.3, 0.4) is 0 Å². The Labute approximate surface area is 470 Å². The molecule has 0 atom stereocenters. The molecule has 9 aromatic carbocycles. The first-order chi connectivity index (χ1) is 40.1. The SMILES string of the molecule is [2H]c1c([2H])c([2H])c(-c2cccc(-c3c([2H])c([2H])c([2H])c([2H])c3[2H])c2N2[CH-]N(c3[c-]c(Oc4[c-]c5c(cc4[C-]=NC(=N[C](=[W])c4ccc(C)cc4)c4ccc(C)cc4)c4ccccc4n5-c4ccccn4)ccc3)c3ccccc32)c([2H])c1[2H].[Pt]. The van der Waals surface area contributed by atoms with Gasteiger partial charge in [-0.25, -0.2) is 0 Å². The van der Waals surface area contributed by atoms with Crippen LogP contribution in [-0.4, -0.2) is 25.6 Å². The first-order valence-electron chi connectivity index (χ1n) is 28.2. The van der Waals surface area contributed by atoms with Crippen molar-refractivity contribution in [2.24, 2.45) is 9.98 Å². The molecule has 12 rings (SSSR count). The summed E-state index contributed by atoms with van der Waals surface area (Å²) in [5, 5.41) is 1.80. The number of aryl methyl sites for hydroxylation is 2. The number of nitrogens with zero attached hydrogens (tertiary/aromatic N) is 6. The van der Waals surface area contributed by atoms with E-state index < -0.39 is 60.4 Å². The van der Waals surface area contributed by atoms with Crippen LogP contribution in [0.25, 0.3) is 49.9 Å². The molecule has 0 saturated carbocycles. The average Bonchev–Trinajstić information content (AvgIpc) is 2.38. The van der Waals surface area contributed by atoms with Crippen molar-refractivity contribution in [3.8, 4) is 39.6 Å². The third-order valence-electron chi connectivity index (χ3n) is 12.3. The molecule has 0 fully saturated rings. The summed E-state index contributed by atoms with van der Waals surface area (Å²) < 4.78 is 97.8. The number of aliphatic imine (C=N–C) groups is 2. The zero-order valence-electron chi connectivity index (χ0n) is 49.5. The van der Waals surface area contributed by atoms with Gasteiger partial charge in [0.15, 0.2) is 0 Å². The van der Waals surface area contributed by atoms with Crippen LogP contribution in [0, 0.1) is 32.6 Å². The van der Waals surface area contributed by atoms with Crippen molar-refractivity contribution in [1.29, 1.82) is 0 Å². The zero-order chi connectivity index (χ0) is 58.0. The number of amidine groups is 1. The number of anilines is 4. The number of aromatic nitrogens is 2. The summed E-state index contributed by atoms with van der Waals surface area (Å²) in [4.78, 5) is 18.5. The number of hydrogen-bond donors (Lipinski definition) is 0. The summed E-state index contributed by atoms with van der Waals surface area (Å²) in [6.45, 7) is 5.80. The molecule has 0 bridgehead atoms. The van der Waals surface area contributed by atoms with E-state index in [0.717, 1.165) is 61.9 Å². The Hall–Kier alpha value is -8.08. The van der Waals surface area contributed by atoms with Crippen molar-refractivity contribution in [1.82, 2.24) is 9.55 Å². The molecule has 0 amide bonds. The fourth-order valence-electron chi connectivity index (χ4n) is 8.84. The number of rotatable bonds is 11. The Kier molecular flexibility index (Phi) is 10.8. The smallest absolute Gasteiger partial charge is 0.0616 e. The van der Waals surface area contributed by atoms with Crippen molar-refractivity contribution in [2.75, 3.05) is 9.80 Å². The molecular weight excluding hydrogens is 1260 g/mol. The standard InChI is InChI=1S/C65H44N6O.Pt.W/c1-45-30-34-47(35-31-45)42-67-65(50-36-32-46(2)33-37-50)68-43-51-39-57-56-23-9-10-26-58(56)71(63-29-13-14-38-66-63)61(57)41-62(51)72-53-22-15-21-52(40-53)69-44-70(60-28-12-11-27-59(60)69)64-54(48-17-5-3-6-18-48)24-16-25-55(64)49-19-7-4-8-20-49;;/h3-39,44H,1-2H3;;/q-4;;/i3D,4D,5D,6D,7D,8D,17D,18D,19D,20D;;. The van der Waals surface area contributed by atoms with Crippen LogP contribution in [0.1, 0.15) is 41.5 Å². The Morgan fingerprint density at radius 3 is 1.95 bits per heavy atom. The minimum absolute atomic E-state index is 0. The van der Waals surface area contributed by atoms with Gasteiger partial charge < -0.3 is 4.90 Å². The molecule has 3 heterocycles. The van der Waals surface area contributed by atoms with Crippen LogP contribution in [0.5, 0.6) is 11.5 Å². The van der Waals surface area contributed by atoms with Gasteiger partial charge in [0.1, 0.15) is 0 Å². The fraction of sp³-hybridized carbons (Fsp3) is 0.0308. The predicted octanol–water partition coefficient (Wildman–Crippen LogP) is 15.4. The molecule has 0 saturated heterocycles. The van der Waals surface area contributed by atoms with Gasteiger partial charge in [-0.15, -0.1) is 6.67 Å². The third-order valence-corrected chi connectivity index (χ3v) is 13.5. The molecule has 0 aliphatic carbocycles. The Morgan fingerprint density at radius 2 is 1.27 bits per heavy atom. The summed E-state index contributed by atoms with van der Waals surface area (Å²) in [7, 11) is 0. The van der Waals surface area contributed by atoms with E-state index in [-0.39, 0.29) is 60.5 Å². The van der Waals surface area contributed by atoms with Crippen LogP contribution in [0.4, 0.5) is 22.7 Å². The number of para-hydroxylation sites is 4. The van der Waals surface area contributed by atoms with Crippen molar-refractivity contribution in [2.45, 2.75) is 13.8 Å². The Balaban J connectivity index is 0.00000736. The second-order valence-corrected chi connectivity index (χ2v) is 18.4. The molecule has 9 heteroatoms. The van der Waals surface area contributed by atoms with Gasteiger partial charge in [0.25, 0.3) is 0 Å². The van der Waals surface area contributed by atoms with Crippen molar-refractivity contribution < 1.29 is 58.9 Å². The number of benzene rings is 9. The minimum Gasteiger partial charge on any atom is -0.0616 e. The topological polar surface area (TPSA) is 58.2 Å². The number of ether oxygens (including phenoxy) is 1. The van der Waals surface area contributed by atoms with E-state index in [4.69, 9.17) is 33.4 Å². The molecule has 2 aromatic heterocycles. The molecule has 360 valence electrons. The van der Waals surface area contributed by atoms with E-state index in [9.17, 15) is 0 Å². The summed E-state index contributed by atoms with van der Waals surface area (Å²) in [5.74, 6) is 1.67. The predicted molar refractivity (Wildman–Crippen MR) is 295 cm³/mol. The molecule has 0 N–H and O–H groups in total. The van der Waals surface area contributed by atoms with Crippen LogP contribution < -0.4 is 14.5 Å². The molecule has 74 heavy (non-hydrogen) atoms. The van der Waals surface area contributed by atoms with Crippen molar-refractivity contribution in [3.63, 3.8) is 0 Å². The van der Waals surface area contributed by atoms with E-state index in [2.05, 4.69) is 48.7 Å². The van der Waals surface area contributed by atoms with E-state index in [0.29, 0.717) is 39.8 Å². The van der Waals surface area contributed by atoms with Gasteiger partial charge in [-0.1, -0.05) is 96.8 Å². The summed E-state index contributed by atoms with van der Waals surface area (Å²) in [6, 6.07) is 51.3. The number of fused-ring (bicyclic) bond motifs is 4. The molecule has 1 aliphatic heterocycles. The second kappa shape index (κ2) is 21.2. The molecular formula is C65H44N6OPtW-4. The minimum atomic E-state index is -0.580. The Morgan fingerprint density at radius 1 is 0.649 bits per heavy atom. The van der Waals surface area contributed by atoms with Crippen LogP contribution in [0.2, 0.25) is 0 Å². The van der Waals surface area contributed by atoms with Gasteiger partial charge >= 0.3 is 266 Å². The van der Waals surface area contributed by atoms with E-state index in [1.165, 1.54) is 0 Å². The van der Waals surface area contributed by atoms with Crippen LogP contribution >= 0.6 is 0 Å². The van der Waals surface area contributed by atoms with E-state index in [1.54, 1.807) is 42.0 Å². The van der Waals surface area contributed by atoms with E-state index >= 15 is 0 Å². The Bertz CT molecular complexity index is 4380. The molecule has 7 nitrogen and oxygen atoms in total. The summed E-state index contributed by atoms with van der Waals surface area (Å²) in [5.41, 5.74) is 7.94. The summed E-state index contributed by atoms with van der Waals surface area (Å²) in [6.07, 6.45) is 5.09. The van der Waals surface area contributed by atoms with Gasteiger partial charge in [-0.3, -0.25) is 0 Å². The molecule has 1 aliphatic rings. The molecule has 0 radical (unpaired) electrons. The van der Waals surface area contributed by atoms with Crippen LogP contribution in [-0.2, 0) is 40.4 Å². The second-order valence-electron chi connectivity index (χ2n) is 17.1. The maximum absolute atomic E-state index is 9.12. The quantitative estimate of drug-likeness (QED) is 0.0736. The average molecular weight is 1310 g/mol. The maximum atomic E-state index is 9.12. The fourth-order valence-corrected chi connectivity index (χ4v) is 9.64. The number of pyridine rings is 1. The zero-order valence-corrected chi connectivity index (χ0v) is 44.7. The normalized spacial score (nSPS) is 14.2. The van der Waals surface area contributed by atoms with Crippen molar-refractivity contribution in [3.05, 3.63) is 271 Å². The monoisotopic (exact) mass is 1310 g/mol. The van der Waals surface area contributed by atoms with Gasteiger partial charge in [0.2, 0.25) is 0 Å². The summed E-state index contributed by atoms with van der Waals surface area (Å²) >= 11 is 1.16. The van der Waals surface area contributed by atoms with Gasteiger partial charge in [0, 0.05) is 55.5 Å². The molecule has 0 unspecified atom stereocenters. The van der Waals surface area contributed by atoms with Crippen LogP contribution in [0.15, 0.2) is 234 Å². The van der Waals surface area contributed by atoms with Crippen molar-refractivity contribution >= 4 is 60.6 Å². The first-order valence-corrected chi connectivity index (χ1v) is 24.7. The third kappa shape index (κ3) is 9.53.